The fraction of sp³-hybridized carbons (Fsp3) is 0.500. The first-order valence-electron chi connectivity index (χ1n) is 9.39. The van der Waals surface area contributed by atoms with Crippen molar-refractivity contribution in [1.82, 2.24) is 20.3 Å². The first-order valence-corrected chi connectivity index (χ1v) is 9.39. The number of hydrogen-bond donors (Lipinski definition) is 1. The van der Waals surface area contributed by atoms with Gasteiger partial charge in [0, 0.05) is 57.7 Å². The molecule has 7 nitrogen and oxygen atoms in total. The minimum Gasteiger partial charge on any atom is -0.362 e. The Kier molecular flexibility index (Phi) is 5.58. The van der Waals surface area contributed by atoms with Crippen LogP contribution in [0.3, 0.4) is 0 Å². The molecule has 1 N–H and O–H groups in total. The molecule has 1 amide bonds. The number of aryl methyl sites for hydroxylation is 1. The van der Waals surface area contributed by atoms with E-state index in [9.17, 15) is 4.79 Å². The molecule has 2 aromatic heterocycles. The second kappa shape index (κ2) is 7.90. The minimum absolute atomic E-state index is 0.0769. The number of amides is 1. The van der Waals surface area contributed by atoms with Crippen LogP contribution in [-0.4, -0.2) is 54.1 Å². The van der Waals surface area contributed by atoms with Crippen molar-refractivity contribution in [3.05, 3.63) is 40.8 Å². The average Bonchev–Trinajstić information content (AvgIpc) is 2.83. The average molecular weight is 368 g/mol. The largest absolute Gasteiger partial charge is 0.362 e. The Hall–Kier alpha value is -2.70. The van der Waals surface area contributed by atoms with Gasteiger partial charge in [0.1, 0.15) is 5.82 Å². The summed E-state index contributed by atoms with van der Waals surface area (Å²) in [6.07, 6.45) is 5.31. The molecule has 1 aliphatic rings. The van der Waals surface area contributed by atoms with Gasteiger partial charge in [0.05, 0.1) is 5.56 Å². The number of fused-ring (bicyclic) bond motifs is 1. The summed E-state index contributed by atoms with van der Waals surface area (Å²) in [5.41, 5.74) is 3.86. The van der Waals surface area contributed by atoms with Crippen molar-refractivity contribution in [1.29, 1.82) is 0 Å². The van der Waals surface area contributed by atoms with E-state index < -0.39 is 0 Å². The first-order chi connectivity index (χ1) is 12.8. The van der Waals surface area contributed by atoms with Gasteiger partial charge in [-0.3, -0.25) is 4.79 Å². The molecular formula is C20H28N6O. The maximum absolute atomic E-state index is 12.7. The molecule has 7 heteroatoms. The predicted molar refractivity (Wildman–Crippen MR) is 108 cm³/mol. The van der Waals surface area contributed by atoms with Crippen molar-refractivity contribution in [3.63, 3.8) is 0 Å². The summed E-state index contributed by atoms with van der Waals surface area (Å²) < 4.78 is 0. The van der Waals surface area contributed by atoms with Gasteiger partial charge in [-0.15, -0.1) is 0 Å². The number of anilines is 2. The summed E-state index contributed by atoms with van der Waals surface area (Å²) in [5.74, 6) is 1.39. The van der Waals surface area contributed by atoms with E-state index in [0.29, 0.717) is 11.4 Å². The highest BCUT2D eigenvalue weighted by atomic mass is 16.1. The summed E-state index contributed by atoms with van der Waals surface area (Å²) in [7, 11) is 3.84. The van der Waals surface area contributed by atoms with Gasteiger partial charge < -0.3 is 15.1 Å². The Bertz CT molecular complexity index is 816. The smallest absolute Gasteiger partial charge is 0.255 e. The standard InChI is InChI=1S/C20H28N6O/c1-13(2)23-19(27)16-10-15-6-8-26(20-21-11-14(3)12-22-20)9-7-17(15)24-18(16)25(4)5/h10-13H,6-9H2,1-5H3,(H,23,27). The number of pyridine rings is 1. The molecule has 2 aromatic rings. The maximum atomic E-state index is 12.7. The number of nitrogens with zero attached hydrogens (tertiary/aromatic N) is 5. The zero-order chi connectivity index (χ0) is 19.6. The van der Waals surface area contributed by atoms with Crippen molar-refractivity contribution in [2.45, 2.75) is 39.7 Å². The van der Waals surface area contributed by atoms with Crippen LogP contribution in [0.15, 0.2) is 18.5 Å². The van der Waals surface area contributed by atoms with Gasteiger partial charge in [-0.2, -0.15) is 0 Å². The lowest BCUT2D eigenvalue weighted by molar-refractivity contribution is 0.0943. The molecule has 144 valence electrons. The van der Waals surface area contributed by atoms with E-state index in [1.807, 2.05) is 58.2 Å². The van der Waals surface area contributed by atoms with E-state index >= 15 is 0 Å². The third kappa shape index (κ3) is 4.35. The van der Waals surface area contributed by atoms with Crippen molar-refractivity contribution in [2.75, 3.05) is 37.0 Å². The van der Waals surface area contributed by atoms with Gasteiger partial charge in [-0.25, -0.2) is 15.0 Å². The monoisotopic (exact) mass is 368 g/mol. The molecule has 0 unspecified atom stereocenters. The fourth-order valence-corrected chi connectivity index (χ4v) is 3.22. The lowest BCUT2D eigenvalue weighted by Crippen LogP contribution is -2.32. The number of rotatable bonds is 4. The van der Waals surface area contributed by atoms with E-state index in [2.05, 4.69) is 20.2 Å². The van der Waals surface area contributed by atoms with E-state index in [4.69, 9.17) is 4.98 Å². The molecule has 0 bridgehead atoms. The molecule has 1 aliphatic heterocycles. The van der Waals surface area contributed by atoms with Crippen LogP contribution in [0.2, 0.25) is 0 Å². The second-order valence-corrected chi connectivity index (χ2v) is 7.54. The SMILES string of the molecule is Cc1cnc(N2CCc3cc(C(=O)NC(C)C)c(N(C)C)nc3CC2)nc1. The van der Waals surface area contributed by atoms with Crippen LogP contribution in [0.4, 0.5) is 11.8 Å². The molecule has 0 atom stereocenters. The Morgan fingerprint density at radius 1 is 1.19 bits per heavy atom. The first kappa shape index (κ1) is 19.1. The Morgan fingerprint density at radius 2 is 1.85 bits per heavy atom. The van der Waals surface area contributed by atoms with Gasteiger partial charge in [0.25, 0.3) is 5.91 Å². The lowest BCUT2D eigenvalue weighted by atomic mass is 10.0. The van der Waals surface area contributed by atoms with E-state index in [-0.39, 0.29) is 11.9 Å². The molecule has 0 fully saturated rings. The zero-order valence-electron chi connectivity index (χ0n) is 16.8. The van der Waals surface area contributed by atoms with Crippen LogP contribution < -0.4 is 15.1 Å². The summed E-state index contributed by atoms with van der Waals surface area (Å²) in [6, 6.07) is 2.09. The van der Waals surface area contributed by atoms with Crippen molar-refractivity contribution in [3.8, 4) is 0 Å². The van der Waals surface area contributed by atoms with Crippen LogP contribution in [0.1, 0.15) is 41.0 Å². The third-order valence-corrected chi connectivity index (χ3v) is 4.58. The Labute approximate surface area is 160 Å². The maximum Gasteiger partial charge on any atom is 0.255 e. The number of aromatic nitrogens is 3. The summed E-state index contributed by atoms with van der Waals surface area (Å²) in [4.78, 5) is 30.5. The quantitative estimate of drug-likeness (QED) is 0.890. The van der Waals surface area contributed by atoms with Crippen molar-refractivity contribution >= 4 is 17.7 Å². The van der Waals surface area contributed by atoms with E-state index in [1.165, 1.54) is 0 Å². The minimum atomic E-state index is -0.0769. The molecule has 0 saturated heterocycles. The van der Waals surface area contributed by atoms with Crippen molar-refractivity contribution < 1.29 is 4.79 Å². The van der Waals surface area contributed by atoms with Crippen LogP contribution >= 0.6 is 0 Å². The lowest BCUT2D eigenvalue weighted by Gasteiger charge is -2.19. The topological polar surface area (TPSA) is 74.2 Å². The number of hydrogen-bond acceptors (Lipinski definition) is 6. The normalized spacial score (nSPS) is 13.9. The molecule has 3 heterocycles. The van der Waals surface area contributed by atoms with Crippen molar-refractivity contribution in [2.24, 2.45) is 0 Å². The molecular weight excluding hydrogens is 340 g/mol. The predicted octanol–water partition coefficient (Wildman–Crippen LogP) is 1.99. The highest BCUT2D eigenvalue weighted by Crippen LogP contribution is 2.24. The molecule has 27 heavy (non-hydrogen) atoms. The van der Waals surface area contributed by atoms with Gasteiger partial charge in [0.2, 0.25) is 5.95 Å². The number of carbonyl (C=O) groups is 1. The third-order valence-electron chi connectivity index (χ3n) is 4.58. The van der Waals surface area contributed by atoms with Gasteiger partial charge in [-0.05, 0) is 44.4 Å². The second-order valence-electron chi connectivity index (χ2n) is 7.54. The molecule has 0 aromatic carbocycles. The molecule has 0 radical (unpaired) electrons. The van der Waals surface area contributed by atoms with E-state index in [1.54, 1.807) is 0 Å². The van der Waals surface area contributed by atoms with Gasteiger partial charge >= 0.3 is 0 Å². The Balaban J connectivity index is 1.89. The molecule has 0 spiro atoms. The molecule has 0 saturated carbocycles. The van der Waals surface area contributed by atoms with Crippen LogP contribution in [-0.2, 0) is 12.8 Å². The highest BCUT2D eigenvalue weighted by Gasteiger charge is 2.22. The van der Waals surface area contributed by atoms with Crippen LogP contribution in [0.25, 0.3) is 0 Å². The highest BCUT2D eigenvalue weighted by molar-refractivity contribution is 5.99. The zero-order valence-corrected chi connectivity index (χ0v) is 16.8. The summed E-state index contributed by atoms with van der Waals surface area (Å²) in [6.45, 7) is 7.53. The molecule has 3 rings (SSSR count). The number of nitrogens with one attached hydrogen (secondary N) is 1. The summed E-state index contributed by atoms with van der Waals surface area (Å²) >= 11 is 0. The van der Waals surface area contributed by atoms with Crippen LogP contribution in [0.5, 0.6) is 0 Å². The van der Waals surface area contributed by atoms with E-state index in [0.717, 1.165) is 48.7 Å². The fourth-order valence-electron chi connectivity index (χ4n) is 3.22. The molecule has 0 aliphatic carbocycles. The number of carbonyl (C=O) groups excluding carboxylic acids is 1. The van der Waals surface area contributed by atoms with Gasteiger partial charge in [0.15, 0.2) is 0 Å². The summed E-state index contributed by atoms with van der Waals surface area (Å²) in [5, 5.41) is 2.98. The Morgan fingerprint density at radius 3 is 2.48 bits per heavy atom. The van der Waals surface area contributed by atoms with Crippen LogP contribution in [0, 0.1) is 6.92 Å². The van der Waals surface area contributed by atoms with Gasteiger partial charge in [-0.1, -0.05) is 0 Å².